The van der Waals surface area contributed by atoms with Crippen molar-refractivity contribution < 1.29 is 43.9 Å². The number of anilines is 2. The van der Waals surface area contributed by atoms with Gasteiger partial charge in [-0.15, -0.1) is 0 Å². The van der Waals surface area contributed by atoms with Gasteiger partial charge in [-0.2, -0.15) is 5.10 Å². The van der Waals surface area contributed by atoms with Crippen molar-refractivity contribution in [1.29, 1.82) is 0 Å². The van der Waals surface area contributed by atoms with Crippen LogP contribution in [0.2, 0.25) is 10.0 Å². The molecule has 1 amide bonds. The molecule has 15 heteroatoms. The van der Waals surface area contributed by atoms with Crippen molar-refractivity contribution >= 4 is 58.1 Å². The van der Waals surface area contributed by atoms with Crippen LogP contribution in [0.5, 0.6) is 17.2 Å². The maximum atomic E-state index is 13.6. The van der Waals surface area contributed by atoms with E-state index in [1.807, 2.05) is 42.5 Å². The number of hydrogen-bond donors (Lipinski definition) is 5. The molecule has 6 N–H and O–H groups in total. The number of hydrazone groups is 1. The van der Waals surface area contributed by atoms with Crippen molar-refractivity contribution in [3.63, 3.8) is 0 Å². The maximum absolute atomic E-state index is 13.6. The fourth-order valence-corrected chi connectivity index (χ4v) is 5.81. The molecule has 3 atom stereocenters. The summed E-state index contributed by atoms with van der Waals surface area (Å²) in [5.41, 5.74) is 9.02. The molecule has 260 valence electrons. The summed E-state index contributed by atoms with van der Waals surface area (Å²) in [5.74, 6) is -2.01. The van der Waals surface area contributed by atoms with E-state index in [1.54, 1.807) is 26.4 Å². The number of carbonyl (C=O) groups excluding carboxylic acids is 1. The number of nitrogens with two attached hydrogens (primary N) is 1. The van der Waals surface area contributed by atoms with Crippen molar-refractivity contribution in [3.8, 4) is 17.2 Å². The van der Waals surface area contributed by atoms with Crippen molar-refractivity contribution in [2.24, 2.45) is 16.9 Å². The van der Waals surface area contributed by atoms with Crippen molar-refractivity contribution in [2.75, 3.05) is 44.7 Å². The van der Waals surface area contributed by atoms with E-state index in [0.29, 0.717) is 58.1 Å². The Morgan fingerprint density at radius 1 is 0.959 bits per heavy atom. The molecule has 5 rings (SSSR count). The van der Waals surface area contributed by atoms with Crippen LogP contribution in [0.3, 0.4) is 0 Å². The predicted molar refractivity (Wildman–Crippen MR) is 185 cm³/mol. The number of allylic oxidation sites excluding steroid dienone is 2. The van der Waals surface area contributed by atoms with Crippen molar-refractivity contribution in [1.82, 2.24) is 5.32 Å². The van der Waals surface area contributed by atoms with E-state index in [4.69, 9.17) is 68.0 Å². The zero-order valence-electron chi connectivity index (χ0n) is 26.6. The topological polar surface area (TPSA) is 193 Å². The Bertz CT molecular complexity index is 1700. The molecular weight excluding hydrogens is 679 g/mol. The van der Waals surface area contributed by atoms with Gasteiger partial charge in [0.05, 0.1) is 53.4 Å². The molecule has 1 aliphatic heterocycles. The quantitative estimate of drug-likeness (QED) is 0.0794. The first-order valence-corrected chi connectivity index (χ1v) is 15.8. The summed E-state index contributed by atoms with van der Waals surface area (Å²) in [6.07, 6.45) is 4.79. The van der Waals surface area contributed by atoms with Crippen LogP contribution >= 0.6 is 23.2 Å². The molecule has 13 nitrogen and oxygen atoms in total. The summed E-state index contributed by atoms with van der Waals surface area (Å²) in [6, 6.07) is 16.2. The number of fused-ring (bicyclic) bond motifs is 1. The van der Waals surface area contributed by atoms with Gasteiger partial charge < -0.3 is 40.6 Å². The molecule has 0 aromatic heterocycles. The van der Waals surface area contributed by atoms with Gasteiger partial charge in [0, 0.05) is 24.6 Å². The highest BCUT2D eigenvalue weighted by molar-refractivity contribution is 6.38. The minimum Gasteiger partial charge on any atom is -0.493 e. The minimum atomic E-state index is -1.82. The molecule has 0 spiro atoms. The van der Waals surface area contributed by atoms with Crippen LogP contribution in [0.1, 0.15) is 30.1 Å². The lowest BCUT2D eigenvalue weighted by Gasteiger charge is -2.37. The van der Waals surface area contributed by atoms with Crippen LogP contribution in [0.25, 0.3) is 0 Å². The van der Waals surface area contributed by atoms with Gasteiger partial charge in [-0.1, -0.05) is 35.4 Å². The lowest BCUT2D eigenvalue weighted by Crippen LogP contribution is -2.45. The molecule has 0 bridgehead atoms. The molecule has 2 aliphatic rings. The van der Waals surface area contributed by atoms with Crippen LogP contribution in [-0.2, 0) is 14.4 Å². The van der Waals surface area contributed by atoms with Gasteiger partial charge >= 0.3 is 11.9 Å². The van der Waals surface area contributed by atoms with E-state index in [1.165, 1.54) is 5.01 Å². The number of benzene rings is 3. The number of aliphatic hydroxyl groups excluding tert-OH is 1. The third kappa shape index (κ3) is 9.21. The number of nitrogen functional groups attached to an aromatic ring is 1. The zero-order valence-corrected chi connectivity index (χ0v) is 28.1. The number of hydrogen-bond acceptors (Lipinski definition) is 10. The van der Waals surface area contributed by atoms with Gasteiger partial charge in [-0.05, 0) is 73.0 Å². The highest BCUT2D eigenvalue weighted by atomic mass is 35.5. The fraction of sp³-hybridized carbons (Fsp3) is 0.294. The first-order chi connectivity index (χ1) is 23.4. The molecule has 0 fully saturated rings. The molecule has 1 unspecified atom stereocenters. The number of carboxylic acids is 2. The minimum absolute atomic E-state index is 0.0190. The van der Waals surface area contributed by atoms with Crippen molar-refractivity contribution in [2.45, 2.75) is 18.9 Å². The number of rotatable bonds is 11. The van der Waals surface area contributed by atoms with Gasteiger partial charge in [-0.3, -0.25) is 4.79 Å². The Balaban J connectivity index is 0.000000827. The Morgan fingerprint density at radius 2 is 1.57 bits per heavy atom. The summed E-state index contributed by atoms with van der Waals surface area (Å²) >= 11 is 12.1. The Hall–Kier alpha value is -4.82. The summed E-state index contributed by atoms with van der Waals surface area (Å²) in [5, 5.41) is 35.3. The number of aliphatic hydroxyl groups is 1. The van der Waals surface area contributed by atoms with Crippen LogP contribution in [0, 0.1) is 11.8 Å². The lowest BCUT2D eigenvalue weighted by molar-refractivity contribution is -0.159. The second-order valence-corrected chi connectivity index (χ2v) is 11.7. The van der Waals surface area contributed by atoms with Gasteiger partial charge in [0.25, 0.3) is 5.91 Å². The number of aliphatic carboxylic acids is 2. The summed E-state index contributed by atoms with van der Waals surface area (Å²) in [4.78, 5) is 31.8. The fourth-order valence-electron chi connectivity index (χ4n) is 5.31. The number of methoxy groups -OCH3 is 2. The SMILES string of the molecule is COc1ccc(C2=NN(c3ccc(OCCNCC(O)c4cc(Cl)c(N)c(Cl)c4)cc3)C(=O)[C@@H]3CC=CC[C@H]23)cc1OC.O=C(O)C(=O)O. The Morgan fingerprint density at radius 3 is 2.16 bits per heavy atom. The third-order valence-electron chi connectivity index (χ3n) is 7.83. The maximum Gasteiger partial charge on any atom is 0.414 e. The molecule has 0 radical (unpaired) electrons. The molecular formula is C34H36Cl2N4O9. The van der Waals surface area contributed by atoms with Crippen molar-refractivity contribution in [3.05, 3.63) is 87.9 Å². The Labute approximate surface area is 292 Å². The van der Waals surface area contributed by atoms with E-state index in [0.717, 1.165) is 17.7 Å². The molecule has 1 heterocycles. The largest absolute Gasteiger partial charge is 0.493 e. The molecule has 0 saturated heterocycles. The van der Waals surface area contributed by atoms with Crippen LogP contribution < -0.4 is 30.3 Å². The first kappa shape index (κ1) is 37.0. The number of amides is 1. The van der Waals surface area contributed by atoms with Crippen LogP contribution in [-0.4, -0.2) is 72.8 Å². The van der Waals surface area contributed by atoms with Gasteiger partial charge in [0.15, 0.2) is 11.5 Å². The molecule has 49 heavy (non-hydrogen) atoms. The van der Waals surface area contributed by atoms with E-state index in [9.17, 15) is 9.90 Å². The average Bonchev–Trinajstić information content (AvgIpc) is 3.10. The summed E-state index contributed by atoms with van der Waals surface area (Å²) in [6.45, 7) is 1.15. The summed E-state index contributed by atoms with van der Waals surface area (Å²) in [7, 11) is 3.20. The molecule has 3 aromatic carbocycles. The number of carboxylic acid groups (broad SMARTS) is 2. The van der Waals surface area contributed by atoms with E-state index in [2.05, 4.69) is 17.5 Å². The third-order valence-corrected chi connectivity index (χ3v) is 8.46. The second kappa shape index (κ2) is 17.0. The van der Waals surface area contributed by atoms with Crippen LogP contribution in [0.15, 0.2) is 71.9 Å². The zero-order chi connectivity index (χ0) is 35.7. The highest BCUT2D eigenvalue weighted by Crippen LogP contribution is 2.38. The monoisotopic (exact) mass is 714 g/mol. The van der Waals surface area contributed by atoms with Gasteiger partial charge in [0.2, 0.25) is 0 Å². The van der Waals surface area contributed by atoms with Crippen LogP contribution in [0.4, 0.5) is 11.4 Å². The number of nitrogens with zero attached hydrogens (tertiary/aromatic N) is 2. The number of halogens is 2. The Kier molecular flexibility index (Phi) is 12.9. The van der Waals surface area contributed by atoms with E-state index in [-0.39, 0.29) is 30.0 Å². The number of nitrogens with one attached hydrogen (secondary N) is 1. The predicted octanol–water partition coefficient (Wildman–Crippen LogP) is 4.78. The van der Waals surface area contributed by atoms with Gasteiger partial charge in [-0.25, -0.2) is 14.6 Å². The smallest absolute Gasteiger partial charge is 0.414 e. The number of ether oxygens (including phenoxy) is 3. The lowest BCUT2D eigenvalue weighted by atomic mass is 9.76. The second-order valence-electron chi connectivity index (χ2n) is 10.9. The highest BCUT2D eigenvalue weighted by Gasteiger charge is 2.40. The van der Waals surface area contributed by atoms with E-state index >= 15 is 0 Å². The molecule has 3 aromatic rings. The van der Waals surface area contributed by atoms with Gasteiger partial charge in [0.1, 0.15) is 12.4 Å². The molecule has 0 saturated carbocycles. The normalized spacial score (nSPS) is 17.2. The first-order valence-electron chi connectivity index (χ1n) is 15.1. The number of carbonyl (C=O) groups is 3. The summed E-state index contributed by atoms with van der Waals surface area (Å²) < 4.78 is 16.8. The average molecular weight is 716 g/mol. The standard InChI is InChI=1S/C32H34Cl2N4O5.C2H2O4/c1-41-28-12-7-19(17-29(28)42-2)31-23-5-3-4-6-24(23)32(40)38(37-31)21-8-10-22(11-9-21)43-14-13-36-18-27(39)20-15-25(33)30(35)26(34)16-20;3-1(4)2(5)6/h3-4,7-12,15-17,23-24,27,36,39H,5-6,13-14,18,35H2,1-2H3;(H,3,4)(H,5,6)/t23-,24+,27?;/m0./s1. The van der Waals surface area contributed by atoms with E-state index < -0.39 is 18.0 Å². The molecule has 1 aliphatic carbocycles.